The van der Waals surface area contributed by atoms with Gasteiger partial charge in [0.1, 0.15) is 23.2 Å². The van der Waals surface area contributed by atoms with Gasteiger partial charge in [-0.15, -0.1) is 0 Å². The molecule has 1 heterocycles. The lowest BCUT2D eigenvalue weighted by molar-refractivity contribution is -0.133. The fourth-order valence-electron chi connectivity index (χ4n) is 2.63. The van der Waals surface area contributed by atoms with Gasteiger partial charge in [0.25, 0.3) is 5.91 Å². The van der Waals surface area contributed by atoms with Gasteiger partial charge in [-0.2, -0.15) is 0 Å². The highest BCUT2D eigenvalue weighted by Crippen LogP contribution is 2.16. The van der Waals surface area contributed by atoms with E-state index in [9.17, 15) is 18.4 Å². The van der Waals surface area contributed by atoms with Crippen LogP contribution in [-0.4, -0.2) is 41.9 Å². The molecule has 1 saturated heterocycles. The molecular weight excluding hydrogens is 304 g/mol. The third kappa shape index (κ3) is 3.85. The summed E-state index contributed by atoms with van der Waals surface area (Å²) in [5.41, 5.74) is 5.11. The summed E-state index contributed by atoms with van der Waals surface area (Å²) in [7, 11) is 0. The van der Waals surface area contributed by atoms with E-state index < -0.39 is 29.1 Å². The van der Waals surface area contributed by atoms with Crippen LogP contribution in [0.1, 0.15) is 30.6 Å². The van der Waals surface area contributed by atoms with Crippen LogP contribution in [0.3, 0.4) is 0 Å². The van der Waals surface area contributed by atoms with Crippen molar-refractivity contribution in [3.05, 3.63) is 35.4 Å². The van der Waals surface area contributed by atoms with Gasteiger partial charge in [-0.25, -0.2) is 8.78 Å². The fourth-order valence-corrected chi connectivity index (χ4v) is 2.63. The van der Waals surface area contributed by atoms with Crippen LogP contribution in [0.25, 0.3) is 0 Å². The molecule has 1 aromatic rings. The van der Waals surface area contributed by atoms with Crippen LogP contribution in [0.4, 0.5) is 8.78 Å². The molecule has 23 heavy (non-hydrogen) atoms. The van der Waals surface area contributed by atoms with E-state index >= 15 is 0 Å². The number of hydrogen-bond donors (Lipinski definition) is 2. The van der Waals surface area contributed by atoms with Crippen LogP contribution in [0.5, 0.6) is 0 Å². The van der Waals surface area contributed by atoms with Crippen molar-refractivity contribution in [1.82, 2.24) is 10.2 Å². The lowest BCUT2D eigenvalue weighted by Crippen LogP contribution is -2.51. The number of nitrogens with two attached hydrogens (primary N) is 1. The summed E-state index contributed by atoms with van der Waals surface area (Å²) in [6.07, 6.45) is 0.701. The average Bonchev–Trinajstić information content (AvgIpc) is 2.90. The molecule has 0 spiro atoms. The zero-order chi connectivity index (χ0) is 17.1. The lowest BCUT2D eigenvalue weighted by Gasteiger charge is -2.27. The fraction of sp³-hybridized carbons (Fsp3) is 0.500. The normalized spacial score (nSPS) is 19.0. The van der Waals surface area contributed by atoms with E-state index in [-0.39, 0.29) is 17.9 Å². The molecule has 2 rings (SSSR count). The molecule has 0 aliphatic carbocycles. The van der Waals surface area contributed by atoms with Crippen LogP contribution in [0.2, 0.25) is 0 Å². The zero-order valence-corrected chi connectivity index (χ0v) is 13.2. The number of nitrogens with zero attached hydrogens (tertiary/aromatic N) is 1. The largest absolute Gasteiger partial charge is 0.340 e. The molecule has 0 radical (unpaired) electrons. The zero-order valence-electron chi connectivity index (χ0n) is 13.2. The number of carbonyl (C=O) groups excluding carboxylic acids is 2. The van der Waals surface area contributed by atoms with E-state index in [1.807, 2.05) is 0 Å². The minimum Gasteiger partial charge on any atom is -0.340 e. The number of benzene rings is 1. The van der Waals surface area contributed by atoms with Crippen molar-refractivity contribution in [1.29, 1.82) is 0 Å². The molecule has 0 aromatic heterocycles. The Balaban J connectivity index is 2.16. The smallest absolute Gasteiger partial charge is 0.257 e. The number of halogens is 2. The van der Waals surface area contributed by atoms with Gasteiger partial charge in [0.15, 0.2) is 0 Å². The highest BCUT2D eigenvalue weighted by atomic mass is 19.1. The Morgan fingerprint density at radius 3 is 2.39 bits per heavy atom. The Kier molecular flexibility index (Phi) is 5.30. The summed E-state index contributed by atoms with van der Waals surface area (Å²) < 4.78 is 27.4. The molecule has 2 atom stereocenters. The van der Waals surface area contributed by atoms with Crippen molar-refractivity contribution >= 4 is 11.8 Å². The molecule has 126 valence electrons. The first kappa shape index (κ1) is 17.3. The van der Waals surface area contributed by atoms with Crippen LogP contribution >= 0.6 is 0 Å². The second-order valence-corrected chi connectivity index (χ2v) is 6.12. The van der Waals surface area contributed by atoms with Gasteiger partial charge >= 0.3 is 0 Å². The summed E-state index contributed by atoms with van der Waals surface area (Å²) in [5, 5.41) is 2.45. The van der Waals surface area contributed by atoms with Gasteiger partial charge < -0.3 is 16.0 Å². The van der Waals surface area contributed by atoms with E-state index in [2.05, 4.69) is 5.32 Å². The Hall–Kier alpha value is -2.02. The highest BCUT2D eigenvalue weighted by molar-refractivity contribution is 5.98. The number of hydrogen-bond acceptors (Lipinski definition) is 3. The van der Waals surface area contributed by atoms with Crippen molar-refractivity contribution in [2.45, 2.75) is 32.4 Å². The third-order valence-electron chi connectivity index (χ3n) is 3.95. The highest BCUT2D eigenvalue weighted by Gasteiger charge is 2.33. The standard InChI is InChI=1S/C16H21F2N3O2/c1-9(2)14(16(23)21-7-6-10(19)8-21)20-15(22)13-11(17)4-3-5-12(13)18/h3-5,9-10,14H,6-8,19H2,1-2H3,(H,20,22)/t10-,14?/m1/s1. The van der Waals surface area contributed by atoms with Gasteiger partial charge in [-0.1, -0.05) is 19.9 Å². The number of carbonyl (C=O) groups is 2. The Morgan fingerprint density at radius 2 is 1.91 bits per heavy atom. The summed E-state index contributed by atoms with van der Waals surface area (Å²) in [6, 6.07) is 2.25. The minimum absolute atomic E-state index is 0.0773. The van der Waals surface area contributed by atoms with Crippen LogP contribution in [0.15, 0.2) is 18.2 Å². The van der Waals surface area contributed by atoms with E-state index in [1.54, 1.807) is 18.7 Å². The molecule has 0 saturated carbocycles. The Bertz CT molecular complexity index is 587. The van der Waals surface area contributed by atoms with E-state index in [1.165, 1.54) is 6.07 Å². The van der Waals surface area contributed by atoms with Crippen molar-refractivity contribution in [2.75, 3.05) is 13.1 Å². The van der Waals surface area contributed by atoms with Crippen molar-refractivity contribution < 1.29 is 18.4 Å². The van der Waals surface area contributed by atoms with Crippen molar-refractivity contribution in [3.8, 4) is 0 Å². The molecule has 7 heteroatoms. The molecule has 1 unspecified atom stereocenters. The third-order valence-corrected chi connectivity index (χ3v) is 3.95. The average molecular weight is 325 g/mol. The van der Waals surface area contributed by atoms with Gasteiger partial charge in [-0.05, 0) is 24.5 Å². The molecule has 2 amide bonds. The molecular formula is C16H21F2N3O2. The molecule has 1 aliphatic rings. The molecule has 1 aromatic carbocycles. The number of likely N-dealkylation sites (tertiary alicyclic amines) is 1. The van der Waals surface area contributed by atoms with Gasteiger partial charge in [-0.3, -0.25) is 9.59 Å². The second-order valence-electron chi connectivity index (χ2n) is 6.12. The first-order chi connectivity index (χ1) is 10.8. The van der Waals surface area contributed by atoms with E-state index in [0.717, 1.165) is 12.1 Å². The summed E-state index contributed by atoms with van der Waals surface area (Å²) in [5.74, 6) is -3.35. The first-order valence-electron chi connectivity index (χ1n) is 7.60. The van der Waals surface area contributed by atoms with E-state index in [0.29, 0.717) is 19.5 Å². The SMILES string of the molecule is CC(C)C(NC(=O)c1c(F)cccc1F)C(=O)N1CC[C@@H](N)C1. The van der Waals surface area contributed by atoms with Crippen LogP contribution in [-0.2, 0) is 4.79 Å². The number of nitrogens with one attached hydrogen (secondary N) is 1. The van der Waals surface area contributed by atoms with Crippen molar-refractivity contribution in [3.63, 3.8) is 0 Å². The summed E-state index contributed by atoms with van der Waals surface area (Å²) >= 11 is 0. The monoisotopic (exact) mass is 325 g/mol. The summed E-state index contributed by atoms with van der Waals surface area (Å²) in [6.45, 7) is 4.46. The van der Waals surface area contributed by atoms with E-state index in [4.69, 9.17) is 5.73 Å². The Morgan fingerprint density at radius 1 is 1.30 bits per heavy atom. The lowest BCUT2D eigenvalue weighted by atomic mass is 10.0. The Labute approximate surface area is 133 Å². The molecule has 3 N–H and O–H groups in total. The predicted octanol–water partition coefficient (Wildman–Crippen LogP) is 1.28. The van der Waals surface area contributed by atoms with Gasteiger partial charge in [0, 0.05) is 19.1 Å². The first-order valence-corrected chi connectivity index (χ1v) is 7.60. The maximum absolute atomic E-state index is 13.7. The molecule has 1 aliphatic heterocycles. The van der Waals surface area contributed by atoms with Crippen LogP contribution in [0, 0.1) is 17.6 Å². The van der Waals surface area contributed by atoms with Crippen LogP contribution < -0.4 is 11.1 Å². The maximum Gasteiger partial charge on any atom is 0.257 e. The van der Waals surface area contributed by atoms with Gasteiger partial charge in [0.05, 0.1) is 0 Å². The molecule has 5 nitrogen and oxygen atoms in total. The quantitative estimate of drug-likeness (QED) is 0.875. The maximum atomic E-state index is 13.7. The minimum atomic E-state index is -0.958. The number of amides is 2. The van der Waals surface area contributed by atoms with Gasteiger partial charge in [0.2, 0.25) is 5.91 Å². The topological polar surface area (TPSA) is 75.4 Å². The molecule has 1 fully saturated rings. The van der Waals surface area contributed by atoms with Crippen molar-refractivity contribution in [2.24, 2.45) is 11.7 Å². The molecule has 0 bridgehead atoms. The second kappa shape index (κ2) is 7.04. The summed E-state index contributed by atoms with van der Waals surface area (Å²) in [4.78, 5) is 26.3. The number of rotatable bonds is 4. The predicted molar refractivity (Wildman–Crippen MR) is 81.6 cm³/mol.